The van der Waals surface area contributed by atoms with Crippen molar-refractivity contribution in [3.63, 3.8) is 0 Å². The summed E-state index contributed by atoms with van der Waals surface area (Å²) in [6.07, 6.45) is 9.09. The van der Waals surface area contributed by atoms with Gasteiger partial charge in [0.05, 0.1) is 0 Å². The lowest BCUT2D eigenvalue weighted by Crippen LogP contribution is -2.01. The van der Waals surface area contributed by atoms with Crippen molar-refractivity contribution in [2.24, 2.45) is 0 Å². The van der Waals surface area contributed by atoms with E-state index in [0.29, 0.717) is 0 Å². The van der Waals surface area contributed by atoms with Crippen LogP contribution < -0.4 is 5.32 Å². The predicted molar refractivity (Wildman–Crippen MR) is 69.5 cm³/mol. The zero-order chi connectivity index (χ0) is 11.8. The van der Waals surface area contributed by atoms with Crippen LogP contribution in [0.1, 0.15) is 41.0 Å². The maximum absolute atomic E-state index is 3.57. The lowest BCUT2D eigenvalue weighted by Gasteiger charge is -1.93. The van der Waals surface area contributed by atoms with Gasteiger partial charge in [0.2, 0.25) is 0 Å². The van der Waals surface area contributed by atoms with E-state index in [4.69, 9.17) is 0 Å². The molecule has 0 aromatic rings. The summed E-state index contributed by atoms with van der Waals surface area (Å²) in [5.41, 5.74) is 1.07. The number of hydrogen-bond donors (Lipinski definition) is 1. The van der Waals surface area contributed by atoms with Crippen LogP contribution in [0.4, 0.5) is 0 Å². The van der Waals surface area contributed by atoms with Crippen LogP contribution in [0.25, 0.3) is 0 Å². The summed E-state index contributed by atoms with van der Waals surface area (Å²) in [5.74, 6) is 0. The standard InChI is InChI=1S/C6H11N.C5H10.C2H6/c1-4-6(5-2)7-3;1-3-5-4-2;1-2/h4-5,7H,1H2,2-3H3;3,5H,4H2,1-2H3;1-2H3/b6-5+;5-3-;. The number of hydrogen-bond acceptors (Lipinski definition) is 1. The third-order valence-electron chi connectivity index (χ3n) is 1.29. The largest absolute Gasteiger partial charge is 0.388 e. The molecular weight excluding hydrogens is 170 g/mol. The van der Waals surface area contributed by atoms with E-state index in [1.54, 1.807) is 6.08 Å². The van der Waals surface area contributed by atoms with Crippen molar-refractivity contribution < 1.29 is 0 Å². The van der Waals surface area contributed by atoms with Crippen molar-refractivity contribution in [3.05, 3.63) is 36.6 Å². The van der Waals surface area contributed by atoms with E-state index < -0.39 is 0 Å². The highest BCUT2D eigenvalue weighted by Gasteiger charge is 1.74. The van der Waals surface area contributed by atoms with Gasteiger partial charge in [-0.05, 0) is 26.3 Å². The Hall–Kier alpha value is -0.980. The fraction of sp³-hybridized carbons (Fsp3) is 0.538. The minimum Gasteiger partial charge on any atom is -0.388 e. The third kappa shape index (κ3) is 22.5. The fourth-order valence-electron chi connectivity index (χ4n) is 0.600. The van der Waals surface area contributed by atoms with Gasteiger partial charge in [0.25, 0.3) is 0 Å². The highest BCUT2D eigenvalue weighted by atomic mass is 14.8. The molecule has 0 saturated carbocycles. The molecule has 0 radical (unpaired) electrons. The van der Waals surface area contributed by atoms with Gasteiger partial charge in [0.1, 0.15) is 0 Å². The summed E-state index contributed by atoms with van der Waals surface area (Å²) >= 11 is 0. The van der Waals surface area contributed by atoms with Gasteiger partial charge < -0.3 is 5.32 Å². The molecule has 14 heavy (non-hydrogen) atoms. The summed E-state index contributed by atoms with van der Waals surface area (Å²) < 4.78 is 0. The molecule has 1 heteroatoms. The molecule has 0 aromatic heterocycles. The zero-order valence-corrected chi connectivity index (χ0v) is 10.7. The van der Waals surface area contributed by atoms with E-state index in [1.807, 2.05) is 40.8 Å². The molecule has 0 aromatic carbocycles. The molecule has 0 unspecified atom stereocenters. The summed E-state index contributed by atoms with van der Waals surface area (Å²) in [6.45, 7) is 13.7. The van der Waals surface area contributed by atoms with Gasteiger partial charge >= 0.3 is 0 Å². The average Bonchev–Trinajstić information content (AvgIpc) is 2.25. The van der Waals surface area contributed by atoms with Gasteiger partial charge in [0.15, 0.2) is 0 Å². The Bertz CT molecular complexity index is 143. The van der Waals surface area contributed by atoms with Crippen molar-refractivity contribution in [2.75, 3.05) is 7.05 Å². The van der Waals surface area contributed by atoms with Crippen molar-refractivity contribution in [1.29, 1.82) is 0 Å². The van der Waals surface area contributed by atoms with E-state index in [1.165, 1.54) is 0 Å². The summed E-state index contributed by atoms with van der Waals surface area (Å²) in [5, 5.41) is 2.94. The van der Waals surface area contributed by atoms with E-state index >= 15 is 0 Å². The minimum absolute atomic E-state index is 1.07. The van der Waals surface area contributed by atoms with Gasteiger partial charge in [-0.3, -0.25) is 0 Å². The number of likely N-dealkylation sites (N-methyl/N-ethyl adjacent to an activating group) is 1. The summed E-state index contributed by atoms with van der Waals surface area (Å²) in [6, 6.07) is 0. The van der Waals surface area contributed by atoms with Crippen molar-refractivity contribution in [1.82, 2.24) is 5.32 Å². The minimum atomic E-state index is 1.07. The van der Waals surface area contributed by atoms with E-state index in [0.717, 1.165) is 12.1 Å². The van der Waals surface area contributed by atoms with Crippen LogP contribution in [0.5, 0.6) is 0 Å². The van der Waals surface area contributed by atoms with Crippen molar-refractivity contribution >= 4 is 0 Å². The molecule has 0 aliphatic carbocycles. The smallest absolute Gasteiger partial charge is 0.0288 e. The second-order valence-corrected chi connectivity index (χ2v) is 2.18. The Morgan fingerprint density at radius 1 is 1.29 bits per heavy atom. The Balaban J connectivity index is -0.000000152. The molecule has 0 atom stereocenters. The Morgan fingerprint density at radius 2 is 1.79 bits per heavy atom. The van der Waals surface area contributed by atoms with Crippen LogP contribution in [-0.4, -0.2) is 7.05 Å². The van der Waals surface area contributed by atoms with Crippen molar-refractivity contribution in [2.45, 2.75) is 41.0 Å². The van der Waals surface area contributed by atoms with Crippen molar-refractivity contribution in [3.8, 4) is 0 Å². The molecule has 1 nitrogen and oxygen atoms in total. The van der Waals surface area contributed by atoms with E-state index in [-0.39, 0.29) is 0 Å². The maximum Gasteiger partial charge on any atom is 0.0288 e. The topological polar surface area (TPSA) is 12.0 Å². The normalized spacial score (nSPS) is 9.43. The number of rotatable bonds is 3. The first-order valence-corrected chi connectivity index (χ1v) is 5.34. The Kier molecular flexibility index (Phi) is 30.4. The third-order valence-corrected chi connectivity index (χ3v) is 1.29. The second kappa shape index (κ2) is 22.7. The quantitative estimate of drug-likeness (QED) is 0.525. The molecule has 0 rings (SSSR count). The van der Waals surface area contributed by atoms with Gasteiger partial charge in [-0.25, -0.2) is 0 Å². The molecule has 0 bridgehead atoms. The molecule has 0 amide bonds. The second-order valence-electron chi connectivity index (χ2n) is 2.18. The highest BCUT2D eigenvalue weighted by molar-refractivity contribution is 5.11. The lowest BCUT2D eigenvalue weighted by molar-refractivity contribution is 1.03. The Labute approximate surface area is 90.6 Å². The Morgan fingerprint density at radius 3 is 1.79 bits per heavy atom. The van der Waals surface area contributed by atoms with Crippen LogP contribution in [0.15, 0.2) is 36.6 Å². The molecule has 0 heterocycles. The van der Waals surface area contributed by atoms with Gasteiger partial charge in [-0.2, -0.15) is 0 Å². The molecule has 84 valence electrons. The maximum atomic E-state index is 3.57. The molecule has 0 saturated heterocycles. The predicted octanol–water partition coefficient (Wildman–Crippen LogP) is 4.29. The molecule has 0 fully saturated rings. The van der Waals surface area contributed by atoms with E-state index in [2.05, 4.69) is 31.0 Å². The molecule has 1 N–H and O–H groups in total. The van der Waals surface area contributed by atoms with Crippen LogP contribution in [-0.2, 0) is 0 Å². The number of nitrogens with one attached hydrogen (secondary N) is 1. The fourth-order valence-corrected chi connectivity index (χ4v) is 0.600. The first-order valence-electron chi connectivity index (χ1n) is 5.34. The molecule has 0 aliphatic heterocycles. The molecule has 0 spiro atoms. The molecular formula is C13H27N. The summed E-state index contributed by atoms with van der Waals surface area (Å²) in [4.78, 5) is 0. The first kappa shape index (κ1) is 18.7. The monoisotopic (exact) mass is 197 g/mol. The van der Waals surface area contributed by atoms with Crippen LogP contribution in [0.2, 0.25) is 0 Å². The van der Waals surface area contributed by atoms with E-state index in [9.17, 15) is 0 Å². The number of allylic oxidation sites excluding steroid dienone is 4. The SMILES string of the molecule is C/C=C\CC.C=C/C(=C\C)NC.CC. The highest BCUT2D eigenvalue weighted by Crippen LogP contribution is 1.83. The van der Waals surface area contributed by atoms with Crippen LogP contribution in [0, 0.1) is 0 Å². The molecule has 0 aliphatic rings. The average molecular weight is 197 g/mol. The zero-order valence-electron chi connectivity index (χ0n) is 10.7. The lowest BCUT2D eigenvalue weighted by atomic mass is 10.4. The van der Waals surface area contributed by atoms with Gasteiger partial charge in [-0.1, -0.05) is 45.6 Å². The first-order chi connectivity index (χ1) is 6.76. The van der Waals surface area contributed by atoms with Gasteiger partial charge in [-0.15, -0.1) is 0 Å². The summed E-state index contributed by atoms with van der Waals surface area (Å²) in [7, 11) is 1.87. The van der Waals surface area contributed by atoms with Crippen LogP contribution >= 0.6 is 0 Å². The van der Waals surface area contributed by atoms with Gasteiger partial charge in [0, 0.05) is 12.7 Å². The van der Waals surface area contributed by atoms with Crippen LogP contribution in [0.3, 0.4) is 0 Å².